The van der Waals surface area contributed by atoms with Crippen molar-refractivity contribution in [3.63, 3.8) is 0 Å². The summed E-state index contributed by atoms with van der Waals surface area (Å²) in [7, 11) is 0. The first-order valence-electron chi connectivity index (χ1n) is 5.39. The maximum atomic E-state index is 8.99. The van der Waals surface area contributed by atoms with Crippen LogP contribution >= 0.6 is 0 Å². The molecule has 1 aliphatic heterocycles. The summed E-state index contributed by atoms with van der Waals surface area (Å²) >= 11 is 0. The topological polar surface area (TPSA) is 55.5 Å². The Labute approximate surface area is 89.9 Å². The number of rotatable bonds is 3. The first kappa shape index (κ1) is 10.6. The van der Waals surface area contributed by atoms with E-state index in [9.17, 15) is 0 Å². The van der Waals surface area contributed by atoms with Crippen LogP contribution in [0.15, 0.2) is 24.3 Å². The van der Waals surface area contributed by atoms with Gasteiger partial charge in [-0.2, -0.15) is 0 Å². The maximum Gasteiger partial charge on any atom is 0.0825 e. The van der Waals surface area contributed by atoms with Crippen molar-refractivity contribution < 1.29 is 9.84 Å². The summed E-state index contributed by atoms with van der Waals surface area (Å²) in [4.78, 5) is 0. The molecule has 0 aliphatic carbocycles. The number of hydrogen-bond donors (Lipinski definition) is 2. The molecule has 1 aromatic rings. The largest absolute Gasteiger partial charge is 0.394 e. The molecule has 3 nitrogen and oxygen atoms in total. The molecule has 1 heterocycles. The van der Waals surface area contributed by atoms with Gasteiger partial charge in [0.2, 0.25) is 0 Å². The second kappa shape index (κ2) is 4.75. The van der Waals surface area contributed by atoms with Crippen molar-refractivity contribution >= 4 is 0 Å². The van der Waals surface area contributed by atoms with Crippen LogP contribution in [0.2, 0.25) is 0 Å². The zero-order valence-corrected chi connectivity index (χ0v) is 8.73. The Morgan fingerprint density at radius 1 is 1.53 bits per heavy atom. The molecule has 0 radical (unpaired) electrons. The zero-order valence-electron chi connectivity index (χ0n) is 8.73. The quantitative estimate of drug-likeness (QED) is 0.790. The highest BCUT2D eigenvalue weighted by molar-refractivity contribution is 5.27. The molecule has 0 aromatic heterocycles. The summed E-state index contributed by atoms with van der Waals surface area (Å²) in [6.07, 6.45) is 2.43. The Morgan fingerprint density at radius 3 is 3.07 bits per heavy atom. The van der Waals surface area contributed by atoms with Crippen molar-refractivity contribution in [1.82, 2.24) is 0 Å². The van der Waals surface area contributed by atoms with Gasteiger partial charge in [0.05, 0.1) is 18.8 Å². The van der Waals surface area contributed by atoms with Crippen molar-refractivity contribution in [1.29, 1.82) is 0 Å². The van der Waals surface area contributed by atoms with Crippen LogP contribution in [-0.4, -0.2) is 18.3 Å². The highest BCUT2D eigenvalue weighted by Gasteiger charge is 2.18. The Kier molecular flexibility index (Phi) is 3.36. The smallest absolute Gasteiger partial charge is 0.0825 e. The first-order valence-corrected chi connectivity index (χ1v) is 5.39. The van der Waals surface area contributed by atoms with Crippen LogP contribution in [0.5, 0.6) is 0 Å². The van der Waals surface area contributed by atoms with E-state index in [0.717, 1.165) is 25.0 Å². The summed E-state index contributed by atoms with van der Waals surface area (Å²) in [5.41, 5.74) is 7.92. The molecule has 2 atom stereocenters. The van der Waals surface area contributed by atoms with E-state index in [4.69, 9.17) is 15.6 Å². The van der Waals surface area contributed by atoms with Crippen LogP contribution in [0.4, 0.5) is 0 Å². The Hall–Kier alpha value is -0.900. The van der Waals surface area contributed by atoms with Crippen LogP contribution in [-0.2, 0) is 4.74 Å². The third-order valence-electron chi connectivity index (χ3n) is 2.84. The summed E-state index contributed by atoms with van der Waals surface area (Å²) < 4.78 is 5.60. The van der Waals surface area contributed by atoms with Gasteiger partial charge in [-0.1, -0.05) is 24.3 Å². The van der Waals surface area contributed by atoms with E-state index in [0.29, 0.717) is 0 Å². The summed E-state index contributed by atoms with van der Waals surface area (Å²) in [5, 5.41) is 8.99. The average Bonchev–Trinajstić information content (AvgIpc) is 2.82. The third-order valence-corrected chi connectivity index (χ3v) is 2.84. The highest BCUT2D eigenvalue weighted by atomic mass is 16.5. The molecular weight excluding hydrogens is 190 g/mol. The summed E-state index contributed by atoms with van der Waals surface area (Å²) in [5.74, 6) is 0. The fourth-order valence-corrected chi connectivity index (χ4v) is 1.94. The van der Waals surface area contributed by atoms with Crippen LogP contribution in [0.25, 0.3) is 0 Å². The van der Waals surface area contributed by atoms with Crippen molar-refractivity contribution in [2.45, 2.75) is 25.0 Å². The molecule has 1 aromatic carbocycles. The molecule has 3 heteroatoms. The molecule has 15 heavy (non-hydrogen) atoms. The van der Waals surface area contributed by atoms with Crippen molar-refractivity contribution in [2.24, 2.45) is 5.73 Å². The van der Waals surface area contributed by atoms with E-state index in [2.05, 4.69) is 6.07 Å². The minimum Gasteiger partial charge on any atom is -0.394 e. The highest BCUT2D eigenvalue weighted by Crippen LogP contribution is 2.29. The Bertz CT molecular complexity index is 321. The van der Waals surface area contributed by atoms with Gasteiger partial charge in [0, 0.05) is 6.61 Å². The number of nitrogens with two attached hydrogens (primary N) is 1. The zero-order chi connectivity index (χ0) is 10.7. The Balaban J connectivity index is 2.18. The molecule has 2 unspecified atom stereocenters. The van der Waals surface area contributed by atoms with Crippen LogP contribution in [0.1, 0.15) is 36.1 Å². The van der Waals surface area contributed by atoms with E-state index in [-0.39, 0.29) is 18.8 Å². The third kappa shape index (κ3) is 2.37. The SMILES string of the molecule is NC(CO)c1cccc(C2CCCO2)c1. The minimum atomic E-state index is -0.286. The van der Waals surface area contributed by atoms with E-state index in [1.807, 2.05) is 18.2 Å². The molecule has 2 rings (SSSR count). The van der Waals surface area contributed by atoms with Gasteiger partial charge in [-0.15, -0.1) is 0 Å². The molecule has 3 N–H and O–H groups in total. The molecule has 1 aliphatic rings. The number of benzene rings is 1. The molecule has 82 valence electrons. The lowest BCUT2D eigenvalue weighted by Gasteiger charge is -2.13. The van der Waals surface area contributed by atoms with E-state index in [1.165, 1.54) is 5.56 Å². The van der Waals surface area contributed by atoms with Gasteiger partial charge in [0.1, 0.15) is 0 Å². The summed E-state index contributed by atoms with van der Waals surface area (Å²) in [6.45, 7) is 0.829. The number of aliphatic hydroxyl groups excluding tert-OH is 1. The van der Waals surface area contributed by atoms with Gasteiger partial charge in [0.15, 0.2) is 0 Å². The second-order valence-corrected chi connectivity index (χ2v) is 3.96. The lowest BCUT2D eigenvalue weighted by atomic mass is 10.0. The van der Waals surface area contributed by atoms with Gasteiger partial charge >= 0.3 is 0 Å². The monoisotopic (exact) mass is 207 g/mol. The van der Waals surface area contributed by atoms with Crippen molar-refractivity contribution in [3.8, 4) is 0 Å². The van der Waals surface area contributed by atoms with Crippen molar-refractivity contribution in [2.75, 3.05) is 13.2 Å². The lowest BCUT2D eigenvalue weighted by molar-refractivity contribution is 0.112. The molecular formula is C12H17NO2. The molecule has 1 fully saturated rings. The van der Waals surface area contributed by atoms with Crippen LogP contribution in [0, 0.1) is 0 Å². The van der Waals surface area contributed by atoms with E-state index < -0.39 is 0 Å². The van der Waals surface area contributed by atoms with Gasteiger partial charge in [-0.3, -0.25) is 0 Å². The molecule has 0 spiro atoms. The molecule has 0 saturated carbocycles. The van der Waals surface area contributed by atoms with Gasteiger partial charge in [-0.25, -0.2) is 0 Å². The van der Waals surface area contributed by atoms with Crippen LogP contribution in [0.3, 0.4) is 0 Å². The maximum absolute atomic E-state index is 8.99. The number of hydrogen-bond acceptors (Lipinski definition) is 3. The average molecular weight is 207 g/mol. The fourth-order valence-electron chi connectivity index (χ4n) is 1.94. The molecule has 1 saturated heterocycles. The molecule has 0 bridgehead atoms. The second-order valence-electron chi connectivity index (χ2n) is 3.96. The number of aliphatic hydroxyl groups is 1. The predicted molar refractivity (Wildman–Crippen MR) is 58.4 cm³/mol. The van der Waals surface area contributed by atoms with Gasteiger partial charge in [0.25, 0.3) is 0 Å². The van der Waals surface area contributed by atoms with Crippen LogP contribution < -0.4 is 5.73 Å². The van der Waals surface area contributed by atoms with Crippen molar-refractivity contribution in [3.05, 3.63) is 35.4 Å². The lowest BCUT2D eigenvalue weighted by Crippen LogP contribution is -2.14. The predicted octanol–water partition coefficient (Wildman–Crippen LogP) is 1.53. The first-order chi connectivity index (χ1) is 7.31. The van der Waals surface area contributed by atoms with E-state index >= 15 is 0 Å². The summed E-state index contributed by atoms with van der Waals surface area (Å²) in [6, 6.07) is 7.73. The normalized spacial score (nSPS) is 22.9. The van der Waals surface area contributed by atoms with Gasteiger partial charge in [-0.05, 0) is 24.0 Å². The van der Waals surface area contributed by atoms with Gasteiger partial charge < -0.3 is 15.6 Å². The number of ether oxygens (including phenoxy) is 1. The Morgan fingerprint density at radius 2 is 2.40 bits per heavy atom. The fraction of sp³-hybridized carbons (Fsp3) is 0.500. The standard InChI is InChI=1S/C12H17NO2/c13-11(8-14)9-3-1-4-10(7-9)12-5-2-6-15-12/h1,3-4,7,11-12,14H,2,5-6,8,13H2. The van der Waals surface area contributed by atoms with E-state index in [1.54, 1.807) is 0 Å². The minimum absolute atomic E-state index is 0.0189. The molecule has 0 amide bonds.